The van der Waals surface area contributed by atoms with Gasteiger partial charge in [0.2, 0.25) is 0 Å². The number of carboxylic acids is 1. The third-order valence-corrected chi connectivity index (χ3v) is 1.41. The summed E-state index contributed by atoms with van der Waals surface area (Å²) < 4.78 is 0. The van der Waals surface area contributed by atoms with Crippen LogP contribution < -0.4 is 0 Å². The van der Waals surface area contributed by atoms with E-state index < -0.39 is 5.97 Å². The van der Waals surface area contributed by atoms with Crippen molar-refractivity contribution in [2.75, 3.05) is 0 Å². The maximum absolute atomic E-state index is 10.5. The maximum atomic E-state index is 10.5. The summed E-state index contributed by atoms with van der Waals surface area (Å²) in [6.45, 7) is 3.51. The summed E-state index contributed by atoms with van der Waals surface area (Å²) in [5.41, 5.74) is 0.947. The van der Waals surface area contributed by atoms with E-state index in [1.807, 2.05) is 0 Å². The molecule has 3 heteroatoms. The van der Waals surface area contributed by atoms with Crippen LogP contribution in [-0.2, 0) is 0 Å². The number of carboxylic acid groups (broad SMARTS) is 1. The van der Waals surface area contributed by atoms with Gasteiger partial charge in [-0.2, -0.15) is 0 Å². The van der Waals surface area contributed by atoms with E-state index in [1.54, 1.807) is 24.3 Å². The van der Waals surface area contributed by atoms with Gasteiger partial charge in [-0.1, -0.05) is 30.9 Å². The summed E-state index contributed by atoms with van der Waals surface area (Å²) in [5, 5.41) is 8.65. The number of benzene rings is 1. The van der Waals surface area contributed by atoms with E-state index >= 15 is 0 Å². The standard InChI is InChI=1S/C9H8O2.Sr.2H/c1-2-7-5-3-4-6-8(7)9(10)11;;;/h2-6H,1H2,(H,10,11);;;. The Morgan fingerprint density at radius 2 is 2.00 bits per heavy atom. The van der Waals surface area contributed by atoms with Crippen LogP contribution in [-0.4, -0.2) is 56.6 Å². The van der Waals surface area contributed by atoms with Crippen LogP contribution >= 0.6 is 0 Å². The predicted octanol–water partition coefficient (Wildman–Crippen LogP) is 1.11. The number of carbonyl (C=O) groups is 1. The van der Waals surface area contributed by atoms with Gasteiger partial charge in [0.1, 0.15) is 0 Å². The summed E-state index contributed by atoms with van der Waals surface area (Å²) in [4.78, 5) is 10.5. The van der Waals surface area contributed by atoms with Gasteiger partial charge in [-0.15, -0.1) is 0 Å². The van der Waals surface area contributed by atoms with Gasteiger partial charge in [0.05, 0.1) is 5.56 Å². The van der Waals surface area contributed by atoms with Crippen LogP contribution in [0, 0.1) is 0 Å². The third-order valence-electron chi connectivity index (χ3n) is 1.41. The van der Waals surface area contributed by atoms with Crippen LogP contribution in [0.1, 0.15) is 15.9 Å². The van der Waals surface area contributed by atoms with E-state index in [0.717, 1.165) is 0 Å². The number of aromatic carboxylic acids is 1. The monoisotopic (exact) mass is 238 g/mol. The van der Waals surface area contributed by atoms with Crippen LogP contribution in [0.4, 0.5) is 0 Å². The molecule has 0 aromatic heterocycles. The summed E-state index contributed by atoms with van der Waals surface area (Å²) in [7, 11) is 0. The molecule has 0 spiro atoms. The number of rotatable bonds is 2. The van der Waals surface area contributed by atoms with Crippen molar-refractivity contribution in [2.24, 2.45) is 0 Å². The van der Waals surface area contributed by atoms with Crippen LogP contribution in [0.2, 0.25) is 0 Å². The molecule has 0 aliphatic carbocycles. The van der Waals surface area contributed by atoms with Crippen molar-refractivity contribution in [1.82, 2.24) is 0 Å². The summed E-state index contributed by atoms with van der Waals surface area (Å²) in [5.74, 6) is -0.916. The number of hydrogen-bond acceptors (Lipinski definition) is 1. The minimum absolute atomic E-state index is 0. The van der Waals surface area contributed by atoms with Gasteiger partial charge in [0, 0.05) is 0 Å². The van der Waals surface area contributed by atoms with Gasteiger partial charge in [0.25, 0.3) is 0 Å². The van der Waals surface area contributed by atoms with Crippen LogP contribution in [0.5, 0.6) is 0 Å². The molecule has 0 unspecified atom stereocenters. The second-order valence-electron chi connectivity index (χ2n) is 2.10. The molecule has 1 aromatic carbocycles. The zero-order chi connectivity index (χ0) is 8.27. The van der Waals surface area contributed by atoms with Crippen molar-refractivity contribution in [2.45, 2.75) is 0 Å². The second-order valence-corrected chi connectivity index (χ2v) is 2.10. The fourth-order valence-electron chi connectivity index (χ4n) is 0.870. The SMILES string of the molecule is C=Cc1ccccc1C(=O)O.[SrH2]. The molecule has 0 bridgehead atoms. The minimum atomic E-state index is -0.916. The first-order chi connectivity index (χ1) is 5.25. The van der Waals surface area contributed by atoms with E-state index in [9.17, 15) is 4.79 Å². The molecule has 0 atom stereocenters. The van der Waals surface area contributed by atoms with E-state index in [4.69, 9.17) is 5.11 Å². The first-order valence-electron chi connectivity index (χ1n) is 3.20. The number of hydrogen-bond donors (Lipinski definition) is 1. The van der Waals surface area contributed by atoms with Crippen molar-refractivity contribution in [3.8, 4) is 0 Å². The predicted molar refractivity (Wildman–Crippen MR) is 52.0 cm³/mol. The van der Waals surface area contributed by atoms with Gasteiger partial charge >= 0.3 is 51.5 Å². The topological polar surface area (TPSA) is 37.3 Å². The van der Waals surface area contributed by atoms with Crippen molar-refractivity contribution in [3.05, 3.63) is 42.0 Å². The van der Waals surface area contributed by atoms with Crippen LogP contribution in [0.3, 0.4) is 0 Å². The molecular weight excluding hydrogens is 228 g/mol. The van der Waals surface area contributed by atoms with Gasteiger partial charge in [0.15, 0.2) is 0 Å². The Hall–Kier alpha value is -0.0895. The molecule has 12 heavy (non-hydrogen) atoms. The molecule has 0 saturated heterocycles. The molecule has 2 nitrogen and oxygen atoms in total. The zero-order valence-electron chi connectivity index (χ0n) is 5.95. The summed E-state index contributed by atoms with van der Waals surface area (Å²) in [6.07, 6.45) is 1.53. The van der Waals surface area contributed by atoms with Gasteiger partial charge in [-0.25, -0.2) is 4.79 Å². The molecule has 0 aliphatic heterocycles. The Morgan fingerprint density at radius 1 is 1.42 bits per heavy atom. The van der Waals surface area contributed by atoms with E-state index in [2.05, 4.69) is 6.58 Å². The van der Waals surface area contributed by atoms with Crippen molar-refractivity contribution < 1.29 is 9.90 Å². The zero-order valence-corrected chi connectivity index (χ0v) is 5.95. The normalized spacial score (nSPS) is 8.33. The Morgan fingerprint density at radius 3 is 2.42 bits per heavy atom. The van der Waals surface area contributed by atoms with E-state index in [1.165, 1.54) is 6.08 Å². The first kappa shape index (κ1) is 11.9. The Kier molecular flexibility index (Phi) is 5.50. The van der Waals surface area contributed by atoms with E-state index in [-0.39, 0.29) is 45.5 Å². The Bertz CT molecular complexity index is 294. The van der Waals surface area contributed by atoms with Crippen molar-refractivity contribution >= 4 is 57.5 Å². The second kappa shape index (κ2) is 5.54. The molecule has 0 radical (unpaired) electrons. The van der Waals surface area contributed by atoms with Crippen molar-refractivity contribution in [1.29, 1.82) is 0 Å². The van der Waals surface area contributed by atoms with E-state index in [0.29, 0.717) is 11.1 Å². The molecule has 1 aromatic rings. The van der Waals surface area contributed by atoms with Gasteiger partial charge < -0.3 is 5.11 Å². The molecule has 60 valence electrons. The average Bonchev–Trinajstić information content (AvgIpc) is 2.04. The van der Waals surface area contributed by atoms with Gasteiger partial charge in [-0.05, 0) is 11.6 Å². The first-order valence-corrected chi connectivity index (χ1v) is 3.20. The summed E-state index contributed by atoms with van der Waals surface area (Å²) in [6, 6.07) is 6.75. The fourth-order valence-corrected chi connectivity index (χ4v) is 0.870. The Labute approximate surface area is 108 Å². The van der Waals surface area contributed by atoms with Crippen LogP contribution in [0.15, 0.2) is 30.8 Å². The molecular formula is C9H10O2Sr. The summed E-state index contributed by atoms with van der Waals surface area (Å²) >= 11 is 0. The molecule has 0 heterocycles. The fraction of sp³-hybridized carbons (Fsp3) is 0. The van der Waals surface area contributed by atoms with Gasteiger partial charge in [-0.3, -0.25) is 0 Å². The molecule has 0 fully saturated rings. The quantitative estimate of drug-likeness (QED) is 0.783. The molecule has 1 N–H and O–H groups in total. The molecule has 0 saturated carbocycles. The molecule has 0 amide bonds. The average molecular weight is 238 g/mol. The van der Waals surface area contributed by atoms with Crippen LogP contribution in [0.25, 0.3) is 6.08 Å². The third kappa shape index (κ3) is 2.75. The Balaban J connectivity index is 0.00000121. The van der Waals surface area contributed by atoms with Crippen molar-refractivity contribution in [3.63, 3.8) is 0 Å². The molecule has 0 aliphatic rings. The molecule has 1 rings (SSSR count).